The smallest absolute Gasteiger partial charge is 0.258 e. The second-order valence-corrected chi connectivity index (χ2v) is 3.38. The van der Waals surface area contributed by atoms with E-state index in [0.29, 0.717) is 6.42 Å². The predicted octanol–water partition coefficient (Wildman–Crippen LogP) is 2.11. The molecule has 1 rings (SSSR count). The summed E-state index contributed by atoms with van der Waals surface area (Å²) in [6.45, 7) is 1.88. The predicted molar refractivity (Wildman–Crippen MR) is 54.9 cm³/mol. The van der Waals surface area contributed by atoms with Crippen molar-refractivity contribution in [2.24, 2.45) is 0 Å². The van der Waals surface area contributed by atoms with Crippen molar-refractivity contribution in [1.29, 1.82) is 0 Å². The maximum atomic E-state index is 11.5. The first-order chi connectivity index (χ1) is 6.60. The van der Waals surface area contributed by atoms with Crippen molar-refractivity contribution in [2.75, 3.05) is 7.11 Å². The molecule has 0 aromatic carbocycles. The summed E-state index contributed by atoms with van der Waals surface area (Å²) < 4.78 is 6.34. The first kappa shape index (κ1) is 11.5. The molecule has 0 N–H and O–H groups in total. The number of hydrogen-bond donors (Lipinski definition) is 0. The fourth-order valence-corrected chi connectivity index (χ4v) is 1.65. The molecule has 1 heterocycles. The molecular weight excluding hydrogens is 227 g/mol. The highest BCUT2D eigenvalue weighted by atomic mass is 35.5. The Hall–Kier alpha value is -0.580. The van der Waals surface area contributed by atoms with E-state index in [1.165, 1.54) is 17.7 Å². The molecular formula is C8H10Cl2N2O2. The summed E-state index contributed by atoms with van der Waals surface area (Å²) in [5.41, 5.74) is -0.316. The zero-order valence-electron chi connectivity index (χ0n) is 7.83. The lowest BCUT2D eigenvalue weighted by atomic mass is 10.4. The van der Waals surface area contributed by atoms with Gasteiger partial charge in [0.15, 0.2) is 0 Å². The maximum Gasteiger partial charge on any atom is 0.258 e. The Labute approximate surface area is 91.4 Å². The summed E-state index contributed by atoms with van der Waals surface area (Å²) >= 11 is 11.3. The monoisotopic (exact) mass is 236 g/mol. The summed E-state index contributed by atoms with van der Waals surface area (Å²) in [7, 11) is 1.51. The minimum absolute atomic E-state index is 0.0381. The lowest BCUT2D eigenvalue weighted by Crippen LogP contribution is -2.26. The number of aromatic nitrogens is 2. The molecule has 0 aliphatic heterocycles. The number of hydrogen-bond acceptors (Lipinski definition) is 3. The Bertz CT molecular complexity index is 374. The molecule has 1 aromatic heterocycles. The molecule has 0 radical (unpaired) electrons. The Morgan fingerprint density at radius 2 is 2.29 bits per heavy atom. The minimum atomic E-state index is -0.403. The van der Waals surface area contributed by atoms with Crippen LogP contribution in [-0.4, -0.2) is 16.7 Å². The maximum absolute atomic E-state index is 11.5. The van der Waals surface area contributed by atoms with Crippen LogP contribution < -0.4 is 5.56 Å². The van der Waals surface area contributed by atoms with E-state index < -0.39 is 6.23 Å². The van der Waals surface area contributed by atoms with Gasteiger partial charge in [0.2, 0.25) is 5.28 Å². The van der Waals surface area contributed by atoms with Crippen LogP contribution in [0.2, 0.25) is 10.4 Å². The largest absolute Gasteiger partial charge is 0.361 e. The van der Waals surface area contributed by atoms with E-state index in [0.717, 1.165) is 0 Å². The summed E-state index contributed by atoms with van der Waals surface area (Å²) in [6, 6.07) is 1.20. The number of rotatable bonds is 3. The van der Waals surface area contributed by atoms with Gasteiger partial charge < -0.3 is 4.74 Å². The van der Waals surface area contributed by atoms with Crippen LogP contribution in [0.3, 0.4) is 0 Å². The van der Waals surface area contributed by atoms with Gasteiger partial charge in [0.05, 0.1) is 0 Å². The van der Waals surface area contributed by atoms with Crippen LogP contribution in [0.15, 0.2) is 10.9 Å². The third kappa shape index (κ3) is 2.26. The zero-order chi connectivity index (χ0) is 10.7. The summed E-state index contributed by atoms with van der Waals surface area (Å²) in [5, 5.41) is 0.124. The van der Waals surface area contributed by atoms with Crippen molar-refractivity contribution in [3.63, 3.8) is 0 Å². The van der Waals surface area contributed by atoms with Gasteiger partial charge in [-0.25, -0.2) is 4.98 Å². The van der Waals surface area contributed by atoms with E-state index in [1.807, 2.05) is 6.92 Å². The molecule has 78 valence electrons. The van der Waals surface area contributed by atoms with E-state index in [2.05, 4.69) is 4.98 Å². The normalized spacial score (nSPS) is 12.9. The van der Waals surface area contributed by atoms with Crippen LogP contribution in [-0.2, 0) is 4.74 Å². The third-order valence-corrected chi connectivity index (χ3v) is 2.25. The first-order valence-corrected chi connectivity index (χ1v) is 4.83. The molecule has 0 bridgehead atoms. The van der Waals surface area contributed by atoms with Gasteiger partial charge in [-0.05, 0) is 18.0 Å². The molecule has 4 nitrogen and oxygen atoms in total. The standard InChI is InChI=1S/C8H10Cl2N2O2/c1-3-7(14-2)12-6(13)4-5(9)11-8(12)10/h4,7H,3H2,1-2H3. The van der Waals surface area contributed by atoms with Crippen molar-refractivity contribution < 1.29 is 4.74 Å². The molecule has 0 saturated heterocycles. The average Bonchev–Trinajstić information content (AvgIpc) is 2.10. The molecule has 0 aliphatic carbocycles. The van der Waals surface area contributed by atoms with Gasteiger partial charge in [0.1, 0.15) is 11.4 Å². The van der Waals surface area contributed by atoms with Gasteiger partial charge in [-0.2, -0.15) is 0 Å². The topological polar surface area (TPSA) is 44.1 Å². The quantitative estimate of drug-likeness (QED) is 0.597. The Morgan fingerprint density at radius 3 is 2.71 bits per heavy atom. The van der Waals surface area contributed by atoms with Crippen LogP contribution in [0.25, 0.3) is 0 Å². The summed E-state index contributed by atoms with van der Waals surface area (Å²) in [6.07, 6.45) is 0.221. The highest BCUT2D eigenvalue weighted by Gasteiger charge is 2.13. The van der Waals surface area contributed by atoms with Gasteiger partial charge in [0, 0.05) is 13.2 Å². The number of ether oxygens (including phenoxy) is 1. The van der Waals surface area contributed by atoms with Gasteiger partial charge in [-0.15, -0.1) is 0 Å². The van der Waals surface area contributed by atoms with Crippen molar-refractivity contribution in [3.05, 3.63) is 26.9 Å². The Morgan fingerprint density at radius 1 is 1.64 bits per heavy atom. The molecule has 0 amide bonds. The Kier molecular flexibility index (Phi) is 3.92. The van der Waals surface area contributed by atoms with Crippen molar-refractivity contribution in [1.82, 2.24) is 9.55 Å². The van der Waals surface area contributed by atoms with E-state index in [1.54, 1.807) is 0 Å². The second-order valence-electron chi connectivity index (χ2n) is 2.65. The van der Waals surface area contributed by atoms with Gasteiger partial charge >= 0.3 is 0 Å². The first-order valence-electron chi connectivity index (χ1n) is 4.07. The third-order valence-electron chi connectivity index (χ3n) is 1.79. The van der Waals surface area contributed by atoms with Gasteiger partial charge in [-0.1, -0.05) is 18.5 Å². The SMILES string of the molecule is CCC(OC)n1c(Cl)nc(Cl)cc1=O. The minimum Gasteiger partial charge on any atom is -0.361 e. The Balaban J connectivity index is 3.26. The average molecular weight is 237 g/mol. The molecule has 6 heteroatoms. The zero-order valence-corrected chi connectivity index (χ0v) is 9.34. The van der Waals surface area contributed by atoms with E-state index in [9.17, 15) is 4.79 Å². The van der Waals surface area contributed by atoms with E-state index in [4.69, 9.17) is 27.9 Å². The van der Waals surface area contributed by atoms with Crippen molar-refractivity contribution >= 4 is 23.2 Å². The molecule has 0 spiro atoms. The second kappa shape index (κ2) is 4.77. The fraction of sp³-hybridized carbons (Fsp3) is 0.500. The van der Waals surface area contributed by atoms with Crippen LogP contribution in [0.4, 0.5) is 0 Å². The number of nitrogens with zero attached hydrogens (tertiary/aromatic N) is 2. The fourth-order valence-electron chi connectivity index (χ4n) is 1.15. The molecule has 0 fully saturated rings. The van der Waals surface area contributed by atoms with Crippen LogP contribution in [0.1, 0.15) is 19.6 Å². The van der Waals surface area contributed by atoms with Crippen molar-refractivity contribution in [2.45, 2.75) is 19.6 Å². The van der Waals surface area contributed by atoms with Crippen LogP contribution >= 0.6 is 23.2 Å². The molecule has 1 unspecified atom stereocenters. The van der Waals surface area contributed by atoms with Crippen molar-refractivity contribution in [3.8, 4) is 0 Å². The summed E-state index contributed by atoms with van der Waals surface area (Å²) in [5.74, 6) is 0. The highest BCUT2D eigenvalue weighted by molar-refractivity contribution is 6.31. The van der Waals surface area contributed by atoms with Gasteiger partial charge in [0.25, 0.3) is 5.56 Å². The molecule has 0 saturated carbocycles. The lowest BCUT2D eigenvalue weighted by Gasteiger charge is -2.16. The number of methoxy groups -OCH3 is 1. The molecule has 1 atom stereocenters. The highest BCUT2D eigenvalue weighted by Crippen LogP contribution is 2.16. The van der Waals surface area contributed by atoms with Crippen LogP contribution in [0, 0.1) is 0 Å². The lowest BCUT2D eigenvalue weighted by molar-refractivity contribution is 0.0376. The van der Waals surface area contributed by atoms with Crippen LogP contribution in [0.5, 0.6) is 0 Å². The van der Waals surface area contributed by atoms with E-state index >= 15 is 0 Å². The molecule has 0 aliphatic rings. The van der Waals surface area contributed by atoms with Gasteiger partial charge in [-0.3, -0.25) is 9.36 Å². The summed E-state index contributed by atoms with van der Waals surface area (Å²) in [4.78, 5) is 15.3. The molecule has 14 heavy (non-hydrogen) atoms. The number of halogens is 2. The van der Waals surface area contributed by atoms with E-state index in [-0.39, 0.29) is 16.0 Å². The molecule has 1 aromatic rings.